The molecule has 1 aromatic carbocycles. The molecule has 0 radical (unpaired) electrons. The highest BCUT2D eigenvalue weighted by Gasteiger charge is 2.56. The zero-order valence-electron chi connectivity index (χ0n) is 21.6. The van der Waals surface area contributed by atoms with Crippen LogP contribution in [0.4, 0.5) is 13.2 Å². The third kappa shape index (κ3) is 5.51. The van der Waals surface area contributed by atoms with Crippen molar-refractivity contribution in [3.8, 4) is 0 Å². The molecular formula is C29H36F3N3OS. The van der Waals surface area contributed by atoms with Crippen molar-refractivity contribution in [3.05, 3.63) is 64.5 Å². The van der Waals surface area contributed by atoms with Crippen molar-refractivity contribution < 1.29 is 18.0 Å². The van der Waals surface area contributed by atoms with Crippen LogP contribution in [0.25, 0.3) is 0 Å². The van der Waals surface area contributed by atoms with Crippen molar-refractivity contribution in [1.29, 1.82) is 0 Å². The quantitative estimate of drug-likeness (QED) is 0.469. The van der Waals surface area contributed by atoms with Gasteiger partial charge in [-0.15, -0.1) is 0 Å². The zero-order valence-corrected chi connectivity index (χ0v) is 22.4. The topological polar surface area (TPSA) is 45.2 Å². The fraction of sp³-hybridized carbons (Fsp3) is 0.552. The number of hydrogen-bond acceptors (Lipinski definition) is 3. The lowest BCUT2D eigenvalue weighted by Crippen LogP contribution is -2.46. The van der Waals surface area contributed by atoms with Gasteiger partial charge in [0, 0.05) is 49.7 Å². The summed E-state index contributed by atoms with van der Waals surface area (Å²) in [6.45, 7) is 3.64. The first kappa shape index (κ1) is 26.4. The van der Waals surface area contributed by atoms with Gasteiger partial charge in [-0.2, -0.15) is 23.7 Å². The number of aromatic nitrogens is 1. The van der Waals surface area contributed by atoms with E-state index < -0.39 is 11.7 Å². The van der Waals surface area contributed by atoms with Gasteiger partial charge in [0.25, 0.3) is 0 Å². The molecule has 3 aliphatic rings. The number of nitrogens with zero attached hydrogens (tertiary/aromatic N) is 2. The molecule has 1 amide bonds. The molecule has 4 nitrogen and oxygen atoms in total. The number of hydrogen-bond donors (Lipinski definition) is 1. The predicted molar refractivity (Wildman–Crippen MR) is 143 cm³/mol. The minimum absolute atomic E-state index is 0.134. The summed E-state index contributed by atoms with van der Waals surface area (Å²) in [6, 6.07) is 10.3. The van der Waals surface area contributed by atoms with Gasteiger partial charge in [0.2, 0.25) is 5.91 Å². The molecule has 1 aliphatic heterocycles. The normalized spacial score (nSPS) is 26.2. The third-order valence-corrected chi connectivity index (χ3v) is 10.2. The number of alkyl halides is 3. The summed E-state index contributed by atoms with van der Waals surface area (Å²) >= 11 is 0. The molecule has 37 heavy (non-hydrogen) atoms. The molecule has 5 rings (SSSR count). The van der Waals surface area contributed by atoms with Gasteiger partial charge >= 0.3 is 6.18 Å². The lowest BCUT2D eigenvalue weighted by molar-refractivity contribution is -0.144. The van der Waals surface area contributed by atoms with E-state index in [4.69, 9.17) is 0 Å². The van der Waals surface area contributed by atoms with Crippen LogP contribution in [0.2, 0.25) is 0 Å². The Balaban J connectivity index is 1.23. The minimum atomic E-state index is -4.43. The van der Waals surface area contributed by atoms with Crippen LogP contribution < -0.4 is 5.32 Å². The van der Waals surface area contributed by atoms with Crippen LogP contribution in [-0.4, -0.2) is 40.0 Å². The Morgan fingerprint density at radius 1 is 1.27 bits per heavy atom. The van der Waals surface area contributed by atoms with Gasteiger partial charge in [-0.1, -0.05) is 36.1 Å². The summed E-state index contributed by atoms with van der Waals surface area (Å²) in [5.74, 6) is 1.55. The molecule has 0 spiro atoms. The maximum Gasteiger partial charge on any atom is 0.417 e. The molecule has 2 aliphatic carbocycles. The van der Waals surface area contributed by atoms with E-state index in [1.54, 1.807) is 4.90 Å². The van der Waals surface area contributed by atoms with Gasteiger partial charge < -0.3 is 10.2 Å². The molecule has 4 unspecified atom stereocenters. The van der Waals surface area contributed by atoms with Gasteiger partial charge in [-0.3, -0.25) is 9.78 Å². The molecule has 2 fully saturated rings. The molecule has 1 aromatic heterocycles. The number of amides is 1. The Morgan fingerprint density at radius 2 is 2.03 bits per heavy atom. The van der Waals surface area contributed by atoms with Crippen molar-refractivity contribution >= 4 is 21.8 Å². The van der Waals surface area contributed by atoms with Gasteiger partial charge in [0.15, 0.2) is 0 Å². The van der Waals surface area contributed by atoms with E-state index in [9.17, 15) is 18.0 Å². The Labute approximate surface area is 220 Å². The van der Waals surface area contributed by atoms with Crippen LogP contribution in [0, 0.1) is 11.3 Å². The summed E-state index contributed by atoms with van der Waals surface area (Å²) in [7, 11) is 0.298. The highest BCUT2D eigenvalue weighted by atomic mass is 32.2. The second-order valence-corrected chi connectivity index (χ2v) is 13.1. The molecule has 200 valence electrons. The number of halogens is 3. The number of benzene rings is 1. The average Bonchev–Trinajstić information content (AvgIpc) is 3.45. The molecule has 0 saturated heterocycles. The number of pyridine rings is 1. The summed E-state index contributed by atoms with van der Waals surface area (Å²) in [4.78, 5) is 19.8. The highest BCUT2D eigenvalue weighted by molar-refractivity contribution is 8.13. The SMILES string of the molecule is CC=S(C)Cc1ccc(CNC2CC3CCCC3(C(=O)N3CCc4ncc(C(F)(F)F)cc4C3)C2)cc1. The molecule has 2 aromatic rings. The number of carbonyl (C=O) groups excluding carboxylic acids is 1. The van der Waals surface area contributed by atoms with E-state index in [0.29, 0.717) is 40.6 Å². The summed E-state index contributed by atoms with van der Waals surface area (Å²) in [5.41, 5.74) is 2.68. The van der Waals surface area contributed by atoms with Gasteiger partial charge in [0.05, 0.1) is 11.0 Å². The van der Waals surface area contributed by atoms with Crippen molar-refractivity contribution in [2.24, 2.45) is 11.3 Å². The van der Waals surface area contributed by atoms with E-state index in [-0.39, 0.29) is 23.9 Å². The summed E-state index contributed by atoms with van der Waals surface area (Å²) in [5, 5.41) is 5.96. The van der Waals surface area contributed by atoms with E-state index in [0.717, 1.165) is 50.6 Å². The first-order valence-electron chi connectivity index (χ1n) is 13.2. The Morgan fingerprint density at radius 3 is 2.76 bits per heavy atom. The van der Waals surface area contributed by atoms with E-state index >= 15 is 0 Å². The maximum atomic E-state index is 13.9. The largest absolute Gasteiger partial charge is 0.417 e. The van der Waals surface area contributed by atoms with Crippen molar-refractivity contribution in [2.75, 3.05) is 12.8 Å². The molecule has 4 atom stereocenters. The van der Waals surface area contributed by atoms with Crippen LogP contribution in [0.15, 0.2) is 36.5 Å². The van der Waals surface area contributed by atoms with Crippen LogP contribution in [-0.2, 0) is 36.2 Å². The number of carbonyl (C=O) groups is 1. The Kier molecular flexibility index (Phi) is 7.51. The first-order chi connectivity index (χ1) is 17.7. The van der Waals surface area contributed by atoms with Crippen molar-refractivity contribution in [2.45, 2.75) is 76.5 Å². The minimum Gasteiger partial charge on any atom is -0.337 e. The van der Waals surface area contributed by atoms with Gasteiger partial charge in [-0.25, -0.2) is 0 Å². The lowest BCUT2D eigenvalue weighted by Gasteiger charge is -2.37. The van der Waals surface area contributed by atoms with Crippen molar-refractivity contribution in [3.63, 3.8) is 0 Å². The fourth-order valence-corrected chi connectivity index (χ4v) is 7.46. The smallest absolute Gasteiger partial charge is 0.337 e. The average molecular weight is 532 g/mol. The van der Waals surface area contributed by atoms with Gasteiger partial charge in [-0.05, 0) is 67.5 Å². The zero-order chi connectivity index (χ0) is 26.2. The van der Waals surface area contributed by atoms with Crippen LogP contribution in [0.1, 0.15) is 67.0 Å². The van der Waals surface area contributed by atoms with Gasteiger partial charge in [0.1, 0.15) is 0 Å². The molecule has 8 heteroatoms. The summed E-state index contributed by atoms with van der Waals surface area (Å²) in [6.07, 6.45) is 4.01. The molecule has 1 N–H and O–H groups in total. The van der Waals surface area contributed by atoms with Crippen LogP contribution in [0.3, 0.4) is 0 Å². The van der Waals surface area contributed by atoms with E-state index in [2.05, 4.69) is 53.1 Å². The van der Waals surface area contributed by atoms with Crippen LogP contribution in [0.5, 0.6) is 0 Å². The second-order valence-electron chi connectivity index (χ2n) is 11.0. The Hall–Kier alpha value is -2.19. The number of fused-ring (bicyclic) bond motifs is 2. The van der Waals surface area contributed by atoms with E-state index in [1.165, 1.54) is 17.2 Å². The third-order valence-electron chi connectivity index (χ3n) is 8.63. The molecule has 0 bridgehead atoms. The Bertz CT molecular complexity index is 1180. The van der Waals surface area contributed by atoms with Crippen molar-refractivity contribution in [1.82, 2.24) is 15.2 Å². The maximum absolute atomic E-state index is 13.9. The standard InChI is InChI=1S/C29H36F3N3OS/c1-3-37(2)19-21-8-6-20(7-9-21)16-33-25-14-23-5-4-11-28(23,15-25)27(36)35-12-10-26-22(18-35)13-24(17-34-26)29(30,31)32/h3,6-9,13,17,23,25,33H,4-5,10-12,14-16,18-19H2,1-2H3. The monoisotopic (exact) mass is 531 g/mol. The second kappa shape index (κ2) is 10.5. The summed E-state index contributed by atoms with van der Waals surface area (Å²) < 4.78 is 39.7. The van der Waals surface area contributed by atoms with Crippen LogP contribution >= 0.6 is 10.5 Å². The molecule has 2 heterocycles. The lowest BCUT2D eigenvalue weighted by atomic mass is 9.78. The number of nitrogens with one attached hydrogen (secondary N) is 1. The highest BCUT2D eigenvalue weighted by Crippen LogP contribution is 2.55. The predicted octanol–water partition coefficient (Wildman–Crippen LogP) is 5.94. The first-order valence-corrected chi connectivity index (χ1v) is 15.1. The fourth-order valence-electron chi connectivity index (χ4n) is 6.58. The molecule has 2 saturated carbocycles. The number of rotatable bonds is 6. The van der Waals surface area contributed by atoms with E-state index in [1.807, 2.05) is 0 Å². The molecular weight excluding hydrogens is 495 g/mol.